The van der Waals surface area contributed by atoms with Crippen LogP contribution in [0, 0.1) is 11.8 Å². The fourth-order valence-corrected chi connectivity index (χ4v) is 3.87. The van der Waals surface area contributed by atoms with Gasteiger partial charge in [-0.1, -0.05) is 18.2 Å². The number of amidine groups is 1. The third-order valence-electron chi connectivity index (χ3n) is 5.13. The van der Waals surface area contributed by atoms with Crippen molar-refractivity contribution in [2.24, 2.45) is 10.7 Å². The molecule has 2 aromatic carbocycles. The van der Waals surface area contributed by atoms with Gasteiger partial charge in [-0.3, -0.25) is 0 Å². The SMILES string of the molecule is NC1=NC2(CCO1)c1cc(-c3cccnc3F)ccc1Oc1c(F)cccc12. The summed E-state index contributed by atoms with van der Waals surface area (Å²) in [5, 5.41) is 0. The largest absolute Gasteiger partial charge is 0.465 e. The average Bonchev–Trinajstić information content (AvgIpc) is 2.70. The number of rotatable bonds is 1. The van der Waals surface area contributed by atoms with Gasteiger partial charge in [0.1, 0.15) is 11.3 Å². The molecule has 0 aliphatic carbocycles. The van der Waals surface area contributed by atoms with E-state index >= 15 is 0 Å². The van der Waals surface area contributed by atoms with E-state index in [1.165, 1.54) is 12.3 Å². The molecule has 3 heterocycles. The summed E-state index contributed by atoms with van der Waals surface area (Å²) in [4.78, 5) is 8.29. The Morgan fingerprint density at radius 1 is 1.04 bits per heavy atom. The summed E-state index contributed by atoms with van der Waals surface area (Å²) in [6.07, 6.45) is 1.84. The second-order valence-corrected chi connectivity index (χ2v) is 6.68. The Morgan fingerprint density at radius 2 is 1.93 bits per heavy atom. The van der Waals surface area contributed by atoms with Gasteiger partial charge in [-0.2, -0.15) is 4.39 Å². The number of hydrogen-bond donors (Lipinski definition) is 1. The zero-order valence-corrected chi connectivity index (χ0v) is 14.7. The molecule has 1 unspecified atom stereocenters. The number of fused-ring (bicyclic) bond motifs is 4. The van der Waals surface area contributed by atoms with Crippen LogP contribution in [0.15, 0.2) is 59.7 Å². The lowest BCUT2D eigenvalue weighted by Gasteiger charge is -2.39. The highest BCUT2D eigenvalue weighted by atomic mass is 19.1. The normalized spacial score (nSPS) is 19.9. The highest BCUT2D eigenvalue weighted by Crippen LogP contribution is 2.53. The fourth-order valence-electron chi connectivity index (χ4n) is 3.87. The van der Waals surface area contributed by atoms with Gasteiger partial charge >= 0.3 is 0 Å². The smallest absolute Gasteiger partial charge is 0.283 e. The highest BCUT2D eigenvalue weighted by Gasteiger charge is 2.45. The summed E-state index contributed by atoms with van der Waals surface area (Å²) in [6.45, 7) is 0.316. The molecule has 1 spiro atoms. The van der Waals surface area contributed by atoms with Crippen LogP contribution in [-0.2, 0) is 10.3 Å². The topological polar surface area (TPSA) is 69.7 Å². The van der Waals surface area contributed by atoms with E-state index in [-0.39, 0.29) is 11.8 Å². The zero-order valence-electron chi connectivity index (χ0n) is 14.7. The van der Waals surface area contributed by atoms with Gasteiger partial charge in [0.25, 0.3) is 6.02 Å². The first-order chi connectivity index (χ1) is 13.6. The molecule has 7 heteroatoms. The summed E-state index contributed by atoms with van der Waals surface area (Å²) >= 11 is 0. The third-order valence-corrected chi connectivity index (χ3v) is 5.13. The van der Waals surface area contributed by atoms with Gasteiger partial charge in [0.05, 0.1) is 6.61 Å². The fraction of sp³-hybridized carbons (Fsp3) is 0.143. The Kier molecular flexibility index (Phi) is 3.58. The molecule has 0 fully saturated rings. The molecule has 2 aliphatic heterocycles. The Balaban J connectivity index is 1.78. The lowest BCUT2D eigenvalue weighted by atomic mass is 9.77. The molecule has 5 rings (SSSR count). The number of halogens is 2. The van der Waals surface area contributed by atoms with Crippen molar-refractivity contribution < 1.29 is 18.3 Å². The van der Waals surface area contributed by atoms with Crippen molar-refractivity contribution in [1.82, 2.24) is 4.98 Å². The number of hydrogen-bond acceptors (Lipinski definition) is 5. The maximum absolute atomic E-state index is 14.5. The number of aromatic nitrogens is 1. The molecule has 2 N–H and O–H groups in total. The van der Waals surface area contributed by atoms with Crippen molar-refractivity contribution in [2.45, 2.75) is 12.0 Å². The van der Waals surface area contributed by atoms with Crippen molar-refractivity contribution in [3.05, 3.63) is 77.6 Å². The van der Waals surface area contributed by atoms with Gasteiger partial charge in [-0.15, -0.1) is 0 Å². The summed E-state index contributed by atoms with van der Waals surface area (Å²) in [5.74, 6) is -0.488. The van der Waals surface area contributed by atoms with Crippen LogP contribution in [0.3, 0.4) is 0 Å². The Hall–Kier alpha value is -3.48. The Labute approximate surface area is 159 Å². The van der Waals surface area contributed by atoms with E-state index in [4.69, 9.17) is 15.2 Å². The van der Waals surface area contributed by atoms with Crippen LogP contribution in [0.5, 0.6) is 11.5 Å². The summed E-state index contributed by atoms with van der Waals surface area (Å²) in [5.41, 5.74) is 7.14. The van der Waals surface area contributed by atoms with E-state index in [0.717, 1.165) is 0 Å². The summed E-state index contributed by atoms with van der Waals surface area (Å²) < 4.78 is 39.9. The van der Waals surface area contributed by atoms with E-state index in [1.807, 2.05) is 0 Å². The second kappa shape index (κ2) is 6.02. The minimum absolute atomic E-state index is 0.0206. The van der Waals surface area contributed by atoms with Gasteiger partial charge < -0.3 is 15.2 Å². The molecule has 28 heavy (non-hydrogen) atoms. The first-order valence-electron chi connectivity index (χ1n) is 8.79. The Bertz CT molecular complexity index is 1130. The van der Waals surface area contributed by atoms with Crippen LogP contribution in [0.4, 0.5) is 8.78 Å². The molecule has 0 radical (unpaired) electrons. The molecular formula is C21H15F2N3O2. The molecule has 140 valence electrons. The molecule has 0 amide bonds. The monoisotopic (exact) mass is 379 g/mol. The average molecular weight is 379 g/mol. The predicted molar refractivity (Wildman–Crippen MR) is 99.1 cm³/mol. The molecule has 0 bridgehead atoms. The van der Waals surface area contributed by atoms with E-state index in [9.17, 15) is 8.78 Å². The van der Waals surface area contributed by atoms with Crippen LogP contribution in [0.25, 0.3) is 11.1 Å². The van der Waals surface area contributed by atoms with Gasteiger partial charge in [-0.05, 0) is 35.9 Å². The quantitative estimate of drug-likeness (QED) is 0.646. The van der Waals surface area contributed by atoms with E-state index in [1.54, 1.807) is 42.5 Å². The maximum atomic E-state index is 14.5. The van der Waals surface area contributed by atoms with Crippen molar-refractivity contribution in [1.29, 1.82) is 0 Å². The summed E-state index contributed by atoms with van der Waals surface area (Å²) in [7, 11) is 0. The zero-order chi connectivity index (χ0) is 19.3. The molecular weight excluding hydrogens is 364 g/mol. The molecule has 1 atom stereocenters. The molecule has 0 saturated carbocycles. The van der Waals surface area contributed by atoms with Crippen LogP contribution in [-0.4, -0.2) is 17.6 Å². The Morgan fingerprint density at radius 3 is 2.75 bits per heavy atom. The van der Waals surface area contributed by atoms with Gasteiger partial charge in [-0.25, -0.2) is 14.4 Å². The lowest BCUT2D eigenvalue weighted by Crippen LogP contribution is -2.38. The molecule has 0 saturated heterocycles. The second-order valence-electron chi connectivity index (χ2n) is 6.68. The number of aliphatic imine (C=N–C) groups is 1. The molecule has 2 aliphatic rings. The number of nitrogens with two attached hydrogens (primary N) is 1. The van der Waals surface area contributed by atoms with E-state index in [2.05, 4.69) is 9.98 Å². The van der Waals surface area contributed by atoms with E-state index in [0.29, 0.717) is 41.0 Å². The highest BCUT2D eigenvalue weighted by molar-refractivity contribution is 5.76. The van der Waals surface area contributed by atoms with Crippen LogP contribution in [0.2, 0.25) is 0 Å². The number of pyridine rings is 1. The van der Waals surface area contributed by atoms with Gasteiger partial charge in [0.2, 0.25) is 5.95 Å². The van der Waals surface area contributed by atoms with E-state index < -0.39 is 17.3 Å². The van der Waals surface area contributed by atoms with Crippen molar-refractivity contribution >= 4 is 6.02 Å². The van der Waals surface area contributed by atoms with Crippen LogP contribution in [0.1, 0.15) is 17.5 Å². The lowest BCUT2D eigenvalue weighted by molar-refractivity contribution is 0.218. The molecule has 3 aromatic rings. The summed E-state index contributed by atoms with van der Waals surface area (Å²) in [6, 6.07) is 13.2. The number of nitrogens with zero attached hydrogens (tertiary/aromatic N) is 2. The van der Waals surface area contributed by atoms with Crippen LogP contribution >= 0.6 is 0 Å². The number of ether oxygens (including phenoxy) is 2. The predicted octanol–water partition coefficient (Wildman–Crippen LogP) is 4.11. The first-order valence-corrected chi connectivity index (χ1v) is 8.79. The first kappa shape index (κ1) is 16.7. The van der Waals surface area contributed by atoms with Crippen molar-refractivity contribution in [3.8, 4) is 22.6 Å². The van der Waals surface area contributed by atoms with Crippen molar-refractivity contribution in [3.63, 3.8) is 0 Å². The third kappa shape index (κ3) is 2.36. The molecule has 1 aromatic heterocycles. The van der Waals surface area contributed by atoms with Gasteiger partial charge in [0, 0.05) is 29.3 Å². The van der Waals surface area contributed by atoms with Crippen molar-refractivity contribution in [2.75, 3.05) is 6.61 Å². The standard InChI is InChI=1S/C21H15F2N3O2/c22-16-5-1-4-14-18(16)28-17-7-6-12(13-3-2-9-25-19(13)23)11-15(17)21(14)8-10-27-20(24)26-21/h1-7,9,11H,8,10H2,(H2,24,26). The maximum Gasteiger partial charge on any atom is 0.283 e. The van der Waals surface area contributed by atoms with Crippen LogP contribution < -0.4 is 10.5 Å². The van der Waals surface area contributed by atoms with Gasteiger partial charge in [0.15, 0.2) is 11.6 Å². The number of benzene rings is 2. The minimum Gasteiger partial charge on any atom is -0.465 e. The molecule has 5 nitrogen and oxygen atoms in total. The minimum atomic E-state index is -0.970. The number of para-hydroxylation sites is 1.